The molecule has 4 amide bonds. The zero-order chi connectivity index (χ0) is 45.7. The molecule has 4 aromatic rings. The number of ether oxygens (including phenoxy) is 2. The average molecular weight is 877 g/mol. The van der Waals surface area contributed by atoms with Gasteiger partial charge in [0.15, 0.2) is 0 Å². The second-order valence-electron chi connectivity index (χ2n) is 16.8. The van der Waals surface area contributed by atoms with Gasteiger partial charge in [-0.05, 0) is 114 Å². The van der Waals surface area contributed by atoms with Crippen LogP contribution in [0.2, 0.25) is 0 Å². The molecule has 2 aromatic carbocycles. The van der Waals surface area contributed by atoms with Crippen molar-refractivity contribution in [2.45, 2.75) is 129 Å². The quantitative estimate of drug-likeness (QED) is 0.0796. The van der Waals surface area contributed by atoms with Crippen molar-refractivity contribution in [2.24, 2.45) is 0 Å². The van der Waals surface area contributed by atoms with Crippen molar-refractivity contribution in [1.29, 1.82) is 0 Å². The summed E-state index contributed by atoms with van der Waals surface area (Å²) in [4.78, 5) is 77.2. The number of aromatic nitrogens is 2. The zero-order valence-corrected chi connectivity index (χ0v) is 37.5. The molecular formula is C46H62F2N8O7. The van der Waals surface area contributed by atoms with Crippen LogP contribution in [0.15, 0.2) is 36.4 Å². The SMILES string of the molecule is CCO[C@H]1C[C@@H](Cc2c(-c3[nH]c4cc(F)ccc4c3C[C@@H]3C[C@H](OC(C)=O)CN3C(=O)[C@H](CC)NC(=O)[C@H](C)NC)[nH]c3cc(F)ccc23)N(C(=O)C(CC)NC(=O)[C@H](C)NC)C1. The van der Waals surface area contributed by atoms with Gasteiger partial charge in [-0.15, -0.1) is 0 Å². The lowest BCUT2D eigenvalue weighted by Crippen LogP contribution is -2.53. The number of carbonyl (C=O) groups excluding carboxylic acids is 5. The predicted molar refractivity (Wildman–Crippen MR) is 236 cm³/mol. The van der Waals surface area contributed by atoms with E-state index < -0.39 is 53.9 Å². The molecule has 15 nitrogen and oxygen atoms in total. The highest BCUT2D eigenvalue weighted by Gasteiger charge is 2.42. The van der Waals surface area contributed by atoms with Gasteiger partial charge in [0.1, 0.15) is 29.8 Å². The number of carbonyl (C=O) groups is 5. The first-order chi connectivity index (χ1) is 30.1. The zero-order valence-electron chi connectivity index (χ0n) is 37.5. The van der Waals surface area contributed by atoms with Crippen LogP contribution < -0.4 is 21.3 Å². The molecule has 2 saturated heterocycles. The number of nitrogens with one attached hydrogen (secondary N) is 6. The molecule has 6 rings (SSSR count). The third-order valence-corrected chi connectivity index (χ3v) is 12.6. The van der Waals surface area contributed by atoms with Gasteiger partial charge in [-0.3, -0.25) is 24.0 Å². The number of esters is 1. The third kappa shape index (κ3) is 10.4. The molecule has 0 radical (unpaired) electrons. The van der Waals surface area contributed by atoms with Gasteiger partial charge in [0.2, 0.25) is 23.6 Å². The van der Waals surface area contributed by atoms with Crippen LogP contribution in [0, 0.1) is 11.6 Å². The van der Waals surface area contributed by atoms with E-state index in [4.69, 9.17) is 9.47 Å². The molecular weight excluding hydrogens is 815 g/mol. The molecule has 63 heavy (non-hydrogen) atoms. The van der Waals surface area contributed by atoms with Crippen molar-refractivity contribution in [3.63, 3.8) is 0 Å². The fourth-order valence-electron chi connectivity index (χ4n) is 9.06. The lowest BCUT2D eigenvalue weighted by molar-refractivity contribution is -0.146. The van der Waals surface area contributed by atoms with Gasteiger partial charge < -0.3 is 50.5 Å². The molecule has 2 aliphatic heterocycles. The Balaban J connectivity index is 1.44. The highest BCUT2D eigenvalue weighted by Crippen LogP contribution is 2.40. The van der Waals surface area contributed by atoms with Crippen molar-refractivity contribution in [1.82, 2.24) is 41.0 Å². The van der Waals surface area contributed by atoms with Gasteiger partial charge in [0.25, 0.3) is 0 Å². The maximum Gasteiger partial charge on any atom is 0.302 e. The molecule has 2 aromatic heterocycles. The van der Waals surface area contributed by atoms with Gasteiger partial charge >= 0.3 is 5.97 Å². The number of amides is 4. The fraction of sp³-hybridized carbons (Fsp3) is 0.543. The molecule has 2 fully saturated rings. The maximum atomic E-state index is 15.0. The molecule has 0 saturated carbocycles. The Hall–Kier alpha value is -5.39. The van der Waals surface area contributed by atoms with Gasteiger partial charge in [-0.25, -0.2) is 8.78 Å². The van der Waals surface area contributed by atoms with Crippen molar-refractivity contribution >= 4 is 51.4 Å². The first-order valence-electron chi connectivity index (χ1n) is 22.1. The monoisotopic (exact) mass is 876 g/mol. The van der Waals surface area contributed by atoms with Crippen LogP contribution in [0.3, 0.4) is 0 Å². The maximum absolute atomic E-state index is 15.0. The van der Waals surface area contributed by atoms with Crippen LogP contribution in [0.4, 0.5) is 8.78 Å². The van der Waals surface area contributed by atoms with Gasteiger partial charge in [0.05, 0.1) is 36.1 Å². The number of halogens is 2. The Kier molecular flexibility index (Phi) is 15.3. The van der Waals surface area contributed by atoms with Crippen molar-refractivity contribution < 1.29 is 42.2 Å². The summed E-state index contributed by atoms with van der Waals surface area (Å²) in [5, 5.41) is 13.0. The molecule has 4 heterocycles. The summed E-state index contributed by atoms with van der Waals surface area (Å²) in [6, 6.07) is 5.38. The van der Waals surface area contributed by atoms with E-state index in [1.807, 2.05) is 20.8 Å². The smallest absolute Gasteiger partial charge is 0.302 e. The number of fused-ring (bicyclic) bond motifs is 2. The largest absolute Gasteiger partial charge is 0.461 e. The average Bonchev–Trinajstić information content (AvgIpc) is 4.03. The summed E-state index contributed by atoms with van der Waals surface area (Å²) in [6.07, 6.45) is 1.20. The molecule has 2 aliphatic rings. The standard InChI is InChI=1S/C46H62F2N8O7/c1-9-37(53-43(58)24(4)49-7)45(60)55-22-31(62-11-3)18-29(55)20-35-33-14-12-27(47)16-39(33)51-41(35)42-36(34-15-13-28(48)17-40(34)52-42)21-30-19-32(63-26(6)57)23-56(30)46(61)38(10-2)54-44(59)25(5)50-8/h12-17,24-25,29-32,37-38,49-52H,9-11,18-23H2,1-8H3,(H,53,58)(H,54,59)/t24-,25-,29-,30-,31-,32-,37?,38-/m0/s1. The third-order valence-electron chi connectivity index (χ3n) is 12.6. The molecule has 342 valence electrons. The summed E-state index contributed by atoms with van der Waals surface area (Å²) >= 11 is 0. The molecule has 8 atom stereocenters. The number of aromatic amines is 2. The van der Waals surface area contributed by atoms with Crippen molar-refractivity contribution in [3.05, 3.63) is 59.2 Å². The molecule has 6 N–H and O–H groups in total. The molecule has 0 spiro atoms. The lowest BCUT2D eigenvalue weighted by atomic mass is 9.94. The number of H-pyrrole nitrogens is 2. The molecule has 0 aliphatic carbocycles. The molecule has 1 unspecified atom stereocenters. The lowest BCUT2D eigenvalue weighted by Gasteiger charge is -2.30. The summed E-state index contributed by atoms with van der Waals surface area (Å²) in [6.45, 7) is 11.2. The Morgan fingerprint density at radius 3 is 1.54 bits per heavy atom. The molecule has 17 heteroatoms. The summed E-state index contributed by atoms with van der Waals surface area (Å²) in [5.74, 6) is -2.58. The van der Waals surface area contributed by atoms with Crippen LogP contribution >= 0.6 is 0 Å². The van der Waals surface area contributed by atoms with Crippen LogP contribution in [-0.2, 0) is 46.3 Å². The van der Waals surface area contributed by atoms with Crippen LogP contribution in [0.5, 0.6) is 0 Å². The van der Waals surface area contributed by atoms with Crippen LogP contribution in [0.25, 0.3) is 33.2 Å². The van der Waals surface area contributed by atoms with Gasteiger partial charge in [0, 0.05) is 60.4 Å². The summed E-state index contributed by atoms with van der Waals surface area (Å²) in [7, 11) is 3.33. The van der Waals surface area contributed by atoms with Crippen LogP contribution in [-0.4, -0.2) is 132 Å². The summed E-state index contributed by atoms with van der Waals surface area (Å²) < 4.78 is 41.7. The number of likely N-dealkylation sites (N-methyl/N-ethyl adjacent to an activating group) is 2. The number of hydrogen-bond donors (Lipinski definition) is 6. The van der Waals surface area contributed by atoms with E-state index in [1.165, 1.54) is 31.2 Å². The normalized spacial score (nSPS) is 20.8. The Morgan fingerprint density at radius 1 is 0.714 bits per heavy atom. The Bertz CT molecular complexity index is 2310. The minimum Gasteiger partial charge on any atom is -0.461 e. The predicted octanol–water partition coefficient (Wildman–Crippen LogP) is 4.22. The highest BCUT2D eigenvalue weighted by atomic mass is 19.1. The summed E-state index contributed by atoms with van der Waals surface area (Å²) in [5.41, 5.74) is 3.72. The minimum atomic E-state index is -0.844. The van der Waals surface area contributed by atoms with E-state index in [2.05, 4.69) is 31.2 Å². The minimum absolute atomic E-state index is 0.111. The number of nitrogens with zero attached hydrogens (tertiary/aromatic N) is 2. The van der Waals surface area contributed by atoms with E-state index in [0.717, 1.165) is 16.5 Å². The Labute approximate surface area is 366 Å². The first-order valence-corrected chi connectivity index (χ1v) is 22.1. The second-order valence-corrected chi connectivity index (χ2v) is 16.8. The number of rotatable bonds is 18. The second kappa shape index (κ2) is 20.4. The van der Waals surface area contributed by atoms with Gasteiger partial charge in [-0.2, -0.15) is 0 Å². The number of hydrogen-bond acceptors (Lipinski definition) is 9. The molecule has 0 bridgehead atoms. The highest BCUT2D eigenvalue weighted by molar-refractivity contribution is 5.97. The van der Waals surface area contributed by atoms with Crippen molar-refractivity contribution in [3.8, 4) is 11.4 Å². The number of likely N-dealkylation sites (tertiary alicyclic amines) is 2. The van der Waals surface area contributed by atoms with E-state index in [1.54, 1.807) is 49.9 Å². The van der Waals surface area contributed by atoms with E-state index in [-0.39, 0.29) is 48.7 Å². The van der Waals surface area contributed by atoms with Gasteiger partial charge in [-0.1, -0.05) is 13.8 Å². The fourth-order valence-corrected chi connectivity index (χ4v) is 9.06. The van der Waals surface area contributed by atoms with E-state index in [9.17, 15) is 32.8 Å². The van der Waals surface area contributed by atoms with Crippen LogP contribution in [0.1, 0.15) is 78.4 Å². The Morgan fingerprint density at radius 2 is 1.14 bits per heavy atom. The first kappa shape index (κ1) is 47.1. The van der Waals surface area contributed by atoms with E-state index >= 15 is 0 Å². The van der Waals surface area contributed by atoms with E-state index in [0.29, 0.717) is 73.1 Å². The topological polar surface area (TPSA) is 190 Å². The number of benzene rings is 2. The van der Waals surface area contributed by atoms with Crippen molar-refractivity contribution in [2.75, 3.05) is 33.8 Å².